The van der Waals surface area contributed by atoms with E-state index in [-0.39, 0.29) is 0 Å². The fourth-order valence-electron chi connectivity index (χ4n) is 6.57. The summed E-state index contributed by atoms with van der Waals surface area (Å²) in [4.78, 5) is 15.2. The molecular weight excluding hydrogens is 522 g/mol. The van der Waals surface area contributed by atoms with Crippen LogP contribution in [0.25, 0.3) is 0 Å². The van der Waals surface area contributed by atoms with E-state index in [2.05, 4.69) is 25.7 Å². The van der Waals surface area contributed by atoms with Gasteiger partial charge in [0.1, 0.15) is 0 Å². The van der Waals surface area contributed by atoms with Crippen LogP contribution in [-0.2, 0) is 4.79 Å². The van der Waals surface area contributed by atoms with Crippen LogP contribution in [0, 0.1) is 0 Å². The first kappa shape index (κ1) is 42.5. The van der Waals surface area contributed by atoms with E-state index in [4.69, 9.17) is 0 Å². The molecule has 0 fully saturated rings. The van der Waals surface area contributed by atoms with Gasteiger partial charge in [-0.2, -0.15) is 0 Å². The zero-order chi connectivity index (χ0) is 31.3. The Labute approximate surface area is 273 Å². The first-order valence-electron chi connectivity index (χ1n) is 20.5. The molecule has 0 heterocycles. The summed E-state index contributed by atoms with van der Waals surface area (Å²) < 4.78 is 0. The number of hydrogen-bond donors (Lipinski definition) is 0. The number of unbranched alkanes of at least 4 members (excludes halogenated alkanes) is 31. The topological polar surface area (TPSA) is 20.3 Å². The Morgan fingerprint density at radius 3 is 0.767 bits per heavy atom. The van der Waals surface area contributed by atoms with Crippen LogP contribution in [0.5, 0.6) is 0 Å². The molecule has 0 aromatic carbocycles. The molecule has 0 aliphatic carbocycles. The third-order valence-electron chi connectivity index (χ3n) is 9.66. The molecule has 0 atom stereocenters. The lowest BCUT2D eigenvalue weighted by molar-refractivity contribution is -0.131. The van der Waals surface area contributed by atoms with Crippen LogP contribution in [0.3, 0.4) is 0 Å². The Balaban J connectivity index is 3.51. The Morgan fingerprint density at radius 2 is 0.512 bits per heavy atom. The second-order valence-electron chi connectivity index (χ2n) is 14.1. The minimum absolute atomic E-state index is 0.435. The molecule has 2 heteroatoms. The van der Waals surface area contributed by atoms with Crippen LogP contribution < -0.4 is 0 Å². The van der Waals surface area contributed by atoms with Gasteiger partial charge >= 0.3 is 0 Å². The van der Waals surface area contributed by atoms with Crippen molar-refractivity contribution < 1.29 is 4.79 Å². The maximum atomic E-state index is 12.9. The van der Waals surface area contributed by atoms with Gasteiger partial charge in [0.25, 0.3) is 0 Å². The van der Waals surface area contributed by atoms with E-state index in [9.17, 15) is 4.79 Å². The van der Waals surface area contributed by atoms with Crippen molar-refractivity contribution in [3.05, 3.63) is 0 Å². The van der Waals surface area contributed by atoms with Gasteiger partial charge in [0.05, 0.1) is 0 Å². The number of hydrogen-bond acceptors (Lipinski definition) is 1. The molecule has 258 valence electrons. The molecule has 2 nitrogen and oxygen atoms in total. The van der Waals surface area contributed by atoms with Crippen LogP contribution in [0.2, 0.25) is 0 Å². The zero-order valence-electron chi connectivity index (χ0n) is 30.5. The summed E-state index contributed by atoms with van der Waals surface area (Å²) in [6.07, 6.45) is 47.7. The van der Waals surface area contributed by atoms with Crippen molar-refractivity contribution in [3.63, 3.8) is 0 Å². The highest BCUT2D eigenvalue weighted by Gasteiger charge is 2.12. The van der Waals surface area contributed by atoms with Crippen molar-refractivity contribution in [2.45, 2.75) is 245 Å². The van der Waals surface area contributed by atoms with E-state index in [0.717, 1.165) is 25.9 Å². The summed E-state index contributed by atoms with van der Waals surface area (Å²) in [5.41, 5.74) is 0. The molecule has 0 aromatic rings. The van der Waals surface area contributed by atoms with Crippen molar-refractivity contribution >= 4 is 5.91 Å². The number of carbonyl (C=O) groups is 1. The molecule has 0 radical (unpaired) electrons. The third-order valence-corrected chi connectivity index (χ3v) is 9.66. The quantitative estimate of drug-likeness (QED) is 0.0645. The fraction of sp³-hybridized carbons (Fsp3) is 0.976. The van der Waals surface area contributed by atoms with Crippen LogP contribution in [0.1, 0.15) is 245 Å². The number of carbonyl (C=O) groups excluding carboxylic acids is 1. The van der Waals surface area contributed by atoms with E-state index in [1.54, 1.807) is 0 Å². The Morgan fingerprint density at radius 1 is 0.302 bits per heavy atom. The fourth-order valence-corrected chi connectivity index (χ4v) is 6.57. The molecular formula is C41H83NO. The van der Waals surface area contributed by atoms with Gasteiger partial charge in [-0.25, -0.2) is 0 Å². The highest BCUT2D eigenvalue weighted by Crippen LogP contribution is 2.16. The van der Waals surface area contributed by atoms with Crippen LogP contribution in [-0.4, -0.2) is 23.9 Å². The predicted octanol–water partition coefficient (Wildman–Crippen LogP) is 14.5. The monoisotopic (exact) mass is 606 g/mol. The van der Waals surface area contributed by atoms with E-state index in [1.807, 2.05) is 0 Å². The summed E-state index contributed by atoms with van der Waals surface area (Å²) in [6.45, 7) is 8.84. The van der Waals surface area contributed by atoms with Gasteiger partial charge in [0.2, 0.25) is 5.91 Å². The summed E-state index contributed by atoms with van der Waals surface area (Å²) in [5.74, 6) is 0.435. The minimum Gasteiger partial charge on any atom is -0.343 e. The molecule has 0 aliphatic heterocycles. The first-order valence-corrected chi connectivity index (χ1v) is 20.5. The Kier molecular flexibility index (Phi) is 37.2. The SMILES string of the molecule is CCCCCCCCCCCCCCCCCCCCCCCCCCC(=O)N(CCCCCCC)CCCCCCC. The van der Waals surface area contributed by atoms with E-state index < -0.39 is 0 Å². The molecule has 0 N–H and O–H groups in total. The lowest BCUT2D eigenvalue weighted by Gasteiger charge is -2.23. The largest absolute Gasteiger partial charge is 0.343 e. The minimum atomic E-state index is 0.435. The predicted molar refractivity (Wildman–Crippen MR) is 195 cm³/mol. The summed E-state index contributed by atoms with van der Waals surface area (Å²) in [7, 11) is 0. The zero-order valence-corrected chi connectivity index (χ0v) is 30.5. The lowest BCUT2D eigenvalue weighted by atomic mass is 10.0. The normalized spacial score (nSPS) is 11.4. The maximum absolute atomic E-state index is 12.9. The maximum Gasteiger partial charge on any atom is 0.222 e. The van der Waals surface area contributed by atoms with Gasteiger partial charge < -0.3 is 4.90 Å². The smallest absolute Gasteiger partial charge is 0.222 e. The van der Waals surface area contributed by atoms with Crippen molar-refractivity contribution in [2.24, 2.45) is 0 Å². The van der Waals surface area contributed by atoms with Crippen LogP contribution in [0.15, 0.2) is 0 Å². The number of nitrogens with zero attached hydrogens (tertiary/aromatic N) is 1. The van der Waals surface area contributed by atoms with E-state index >= 15 is 0 Å². The molecule has 0 spiro atoms. The standard InChI is InChI=1S/C41H83NO/c1-4-7-10-13-14-15-16-17-18-19-20-21-22-23-24-25-26-27-28-29-30-31-32-35-38-41(43)42(39-36-33-11-8-5-2)40-37-34-12-9-6-3/h4-40H2,1-3H3. The molecule has 0 aliphatic rings. The molecule has 0 saturated heterocycles. The second kappa shape index (κ2) is 37.7. The molecule has 0 bridgehead atoms. The number of rotatable bonds is 37. The molecule has 1 amide bonds. The summed E-state index contributed by atoms with van der Waals surface area (Å²) >= 11 is 0. The Hall–Kier alpha value is -0.530. The molecule has 0 unspecified atom stereocenters. The summed E-state index contributed by atoms with van der Waals surface area (Å²) in [5, 5.41) is 0. The molecule has 0 rings (SSSR count). The van der Waals surface area contributed by atoms with Gasteiger partial charge in [-0.15, -0.1) is 0 Å². The summed E-state index contributed by atoms with van der Waals surface area (Å²) in [6, 6.07) is 0. The first-order chi connectivity index (χ1) is 21.3. The lowest BCUT2D eigenvalue weighted by Crippen LogP contribution is -2.32. The van der Waals surface area contributed by atoms with Crippen molar-refractivity contribution in [1.29, 1.82) is 0 Å². The molecule has 0 aromatic heterocycles. The highest BCUT2D eigenvalue weighted by molar-refractivity contribution is 5.76. The molecule has 0 saturated carbocycles. The average molecular weight is 606 g/mol. The van der Waals surface area contributed by atoms with Gasteiger partial charge in [0.15, 0.2) is 0 Å². The van der Waals surface area contributed by atoms with Gasteiger partial charge in [-0.3, -0.25) is 4.79 Å². The average Bonchev–Trinajstić information content (AvgIpc) is 3.01. The van der Waals surface area contributed by atoms with Crippen molar-refractivity contribution in [3.8, 4) is 0 Å². The van der Waals surface area contributed by atoms with Crippen LogP contribution in [0.4, 0.5) is 0 Å². The second-order valence-corrected chi connectivity index (χ2v) is 14.1. The molecule has 43 heavy (non-hydrogen) atoms. The van der Waals surface area contributed by atoms with Crippen molar-refractivity contribution in [2.75, 3.05) is 13.1 Å². The van der Waals surface area contributed by atoms with Gasteiger partial charge in [-0.1, -0.05) is 220 Å². The van der Waals surface area contributed by atoms with E-state index in [0.29, 0.717) is 5.91 Å². The van der Waals surface area contributed by atoms with Gasteiger partial charge in [0, 0.05) is 19.5 Å². The van der Waals surface area contributed by atoms with E-state index in [1.165, 1.54) is 212 Å². The van der Waals surface area contributed by atoms with Crippen LogP contribution >= 0.6 is 0 Å². The van der Waals surface area contributed by atoms with Crippen molar-refractivity contribution in [1.82, 2.24) is 4.90 Å². The highest BCUT2D eigenvalue weighted by atomic mass is 16.2. The third kappa shape index (κ3) is 34.2. The number of amides is 1. The van der Waals surface area contributed by atoms with Gasteiger partial charge in [-0.05, 0) is 19.3 Å². The Bertz CT molecular complexity index is 504.